The lowest BCUT2D eigenvalue weighted by atomic mass is 9.34. The minimum atomic E-state index is -0.231. The predicted molar refractivity (Wildman–Crippen MR) is 159 cm³/mol. The number of nitriles is 1. The van der Waals surface area contributed by atoms with Gasteiger partial charge >= 0.3 is 0 Å². The zero-order chi connectivity index (χ0) is 27.9. The molecule has 39 heavy (non-hydrogen) atoms. The SMILES string of the molecule is C=Cc1c(C2CC3CCC(C2)B3C#N)nc2c(-c3ccc(C#CCC)nc3)cnn2c1N(SF)SF.CCC. The Morgan fingerprint density at radius 2 is 1.87 bits per heavy atom. The van der Waals surface area contributed by atoms with Gasteiger partial charge in [0.15, 0.2) is 36.1 Å². The van der Waals surface area contributed by atoms with Gasteiger partial charge < -0.3 is 0 Å². The summed E-state index contributed by atoms with van der Waals surface area (Å²) in [4.78, 5) is 9.47. The van der Waals surface area contributed by atoms with E-state index in [0.29, 0.717) is 34.1 Å². The number of hydrogen-bond donors (Lipinski definition) is 0. The summed E-state index contributed by atoms with van der Waals surface area (Å²) in [5, 5.41) is 14.1. The van der Waals surface area contributed by atoms with E-state index in [9.17, 15) is 13.0 Å². The van der Waals surface area contributed by atoms with Crippen LogP contribution in [0.25, 0.3) is 22.9 Å². The van der Waals surface area contributed by atoms with E-state index in [1.54, 1.807) is 18.5 Å². The van der Waals surface area contributed by atoms with Crippen molar-refractivity contribution in [2.24, 2.45) is 0 Å². The van der Waals surface area contributed by atoms with Crippen LogP contribution in [-0.4, -0.2) is 26.3 Å². The number of pyridine rings is 1. The van der Waals surface area contributed by atoms with Crippen molar-refractivity contribution in [2.75, 3.05) is 3.71 Å². The Kier molecular flexibility index (Phi) is 9.93. The number of nitrogens with zero attached hydrogens (tertiary/aromatic N) is 6. The van der Waals surface area contributed by atoms with Crippen LogP contribution in [0.2, 0.25) is 11.6 Å². The quantitative estimate of drug-likeness (QED) is 0.169. The van der Waals surface area contributed by atoms with Crippen LogP contribution in [0.5, 0.6) is 0 Å². The first-order chi connectivity index (χ1) is 19.0. The molecule has 11 heteroatoms. The first kappa shape index (κ1) is 29.0. The minimum Gasteiger partial charge on any atom is -0.247 e. The molecule has 3 aromatic rings. The smallest absolute Gasteiger partial charge is 0.247 e. The highest BCUT2D eigenvalue weighted by molar-refractivity contribution is 8.13. The molecule has 3 aromatic heterocycles. The maximum atomic E-state index is 13.9. The van der Waals surface area contributed by atoms with Gasteiger partial charge in [-0.1, -0.05) is 58.6 Å². The molecule has 5 heterocycles. The molecule has 2 unspecified atom stereocenters. The van der Waals surface area contributed by atoms with E-state index >= 15 is 0 Å². The first-order valence-corrected chi connectivity index (χ1v) is 14.7. The van der Waals surface area contributed by atoms with Crippen molar-refractivity contribution in [3.63, 3.8) is 0 Å². The lowest BCUT2D eigenvalue weighted by molar-refractivity contribution is 0.539. The highest BCUT2D eigenvalue weighted by Gasteiger charge is 2.47. The fourth-order valence-corrected chi connectivity index (χ4v) is 6.31. The van der Waals surface area contributed by atoms with Gasteiger partial charge in [0.25, 0.3) is 6.71 Å². The molecule has 202 valence electrons. The minimum absolute atomic E-state index is 0.0625. The molecule has 6 nitrogen and oxygen atoms in total. The van der Waals surface area contributed by atoms with Gasteiger partial charge in [0.05, 0.1) is 11.9 Å². The number of aromatic nitrogens is 4. The van der Waals surface area contributed by atoms with Crippen molar-refractivity contribution in [2.45, 2.75) is 76.8 Å². The summed E-state index contributed by atoms with van der Waals surface area (Å²) in [5.41, 5.74) is 3.94. The van der Waals surface area contributed by atoms with Crippen molar-refractivity contribution >= 4 is 48.9 Å². The Labute approximate surface area is 238 Å². The molecule has 2 atom stereocenters. The van der Waals surface area contributed by atoms with Crippen LogP contribution < -0.4 is 3.71 Å². The molecule has 2 bridgehead atoms. The molecule has 2 aliphatic heterocycles. The fourth-order valence-electron chi connectivity index (χ4n) is 5.74. The van der Waals surface area contributed by atoms with E-state index in [1.807, 2.05) is 19.1 Å². The van der Waals surface area contributed by atoms with Crippen LogP contribution in [0.15, 0.2) is 31.1 Å². The van der Waals surface area contributed by atoms with Crippen LogP contribution in [0, 0.1) is 23.1 Å². The van der Waals surface area contributed by atoms with E-state index in [0.717, 1.165) is 47.1 Å². The van der Waals surface area contributed by atoms with Gasteiger partial charge in [-0.25, -0.2) is 15.2 Å². The first-order valence-electron chi connectivity index (χ1n) is 13.3. The summed E-state index contributed by atoms with van der Waals surface area (Å²) in [5.74, 6) is 9.42. The number of halogens is 2. The van der Waals surface area contributed by atoms with Crippen LogP contribution in [0.1, 0.15) is 82.2 Å². The Morgan fingerprint density at radius 3 is 2.41 bits per heavy atom. The zero-order valence-electron chi connectivity index (χ0n) is 22.4. The summed E-state index contributed by atoms with van der Waals surface area (Å²) in [7, 11) is 0. The maximum absolute atomic E-state index is 13.9. The third-order valence-electron chi connectivity index (χ3n) is 7.29. The third-order valence-corrected chi connectivity index (χ3v) is 8.23. The van der Waals surface area contributed by atoms with Gasteiger partial charge in [-0.3, -0.25) is 0 Å². The normalized spacial score (nSPS) is 19.5. The monoisotopic (exact) mass is 564 g/mol. The molecule has 5 rings (SSSR count). The van der Waals surface area contributed by atoms with Crippen LogP contribution in [0.3, 0.4) is 0 Å². The topological polar surface area (TPSA) is 70.1 Å². The largest absolute Gasteiger partial charge is 0.274 e. The van der Waals surface area contributed by atoms with E-state index in [1.165, 1.54) is 10.9 Å². The van der Waals surface area contributed by atoms with Crippen LogP contribution in [-0.2, 0) is 0 Å². The molecule has 0 amide bonds. The Balaban J connectivity index is 0.00000112. The van der Waals surface area contributed by atoms with E-state index in [4.69, 9.17) is 4.98 Å². The number of hydrogen-bond acceptors (Lipinski definition) is 7. The van der Waals surface area contributed by atoms with Gasteiger partial charge in [0.2, 0.25) is 0 Å². The van der Waals surface area contributed by atoms with Gasteiger partial charge in [-0.05, 0) is 42.5 Å². The van der Waals surface area contributed by atoms with Crippen molar-refractivity contribution < 1.29 is 7.77 Å². The molecule has 0 N–H and O–H groups in total. The maximum Gasteiger partial charge on any atom is 0.274 e. The molecule has 0 radical (unpaired) electrons. The molecule has 2 fully saturated rings. The fraction of sp³-hybridized carbons (Fsp3) is 0.429. The molecule has 0 aromatic carbocycles. The summed E-state index contributed by atoms with van der Waals surface area (Å²) < 4.78 is 30.1. The van der Waals surface area contributed by atoms with Crippen molar-refractivity contribution in [3.8, 4) is 28.9 Å². The van der Waals surface area contributed by atoms with Crippen molar-refractivity contribution in [1.29, 1.82) is 5.26 Å². The summed E-state index contributed by atoms with van der Waals surface area (Å²) >= 11 is -0.462. The number of rotatable bonds is 6. The third kappa shape index (κ3) is 5.80. The molecule has 2 saturated heterocycles. The van der Waals surface area contributed by atoms with Crippen molar-refractivity contribution in [3.05, 3.63) is 48.1 Å². The average Bonchev–Trinajstić information content (AvgIpc) is 3.49. The summed E-state index contributed by atoms with van der Waals surface area (Å²) in [6, 6.07) is 3.74. The van der Waals surface area contributed by atoms with E-state index in [2.05, 4.69) is 48.3 Å². The van der Waals surface area contributed by atoms with E-state index in [-0.39, 0.29) is 43.1 Å². The molecule has 0 saturated carbocycles. The Hall–Kier alpha value is -3.02. The molecule has 0 aliphatic carbocycles. The molecule has 0 spiro atoms. The highest BCUT2D eigenvalue weighted by atomic mass is 32.3. The highest BCUT2D eigenvalue weighted by Crippen LogP contribution is 2.55. The van der Waals surface area contributed by atoms with Gasteiger partial charge in [0.1, 0.15) is 5.69 Å². The van der Waals surface area contributed by atoms with Crippen molar-refractivity contribution in [1.82, 2.24) is 19.6 Å². The molecular weight excluding hydrogens is 533 g/mol. The molecular formula is C28H31BF2N6S2. The number of anilines is 1. The standard InChI is InChI=1S/C25H23BF2N6S2.C3H8/c1-3-5-6-20-10-7-16(13-30-20)22-14-31-33-24(22)32-23(21(4-2)25(33)34(35-27)36-28)17-11-18-8-9-19(12-17)26(18)15-29;1-3-2/h4,7,10,13-14,17-19H,2-3,8-9,11-12H2,1H3;3H2,1-2H3. The Morgan fingerprint density at radius 1 is 1.18 bits per heavy atom. The molecule has 2 aliphatic rings. The van der Waals surface area contributed by atoms with Gasteiger partial charge in [-0.15, -0.1) is 7.77 Å². The lowest BCUT2D eigenvalue weighted by Gasteiger charge is -2.31. The zero-order valence-corrected chi connectivity index (χ0v) is 24.0. The van der Waals surface area contributed by atoms with Crippen LogP contribution >= 0.6 is 24.7 Å². The second kappa shape index (κ2) is 13.4. The van der Waals surface area contributed by atoms with Gasteiger partial charge in [0, 0.05) is 41.2 Å². The number of fused-ring (bicyclic) bond motifs is 3. The summed E-state index contributed by atoms with van der Waals surface area (Å²) in [6.07, 6.45) is 10.6. The van der Waals surface area contributed by atoms with E-state index < -0.39 is 0 Å². The average molecular weight is 565 g/mol. The Bertz CT molecular complexity index is 1390. The second-order valence-corrected chi connectivity index (χ2v) is 11.1. The predicted octanol–water partition coefficient (Wildman–Crippen LogP) is 8.45. The second-order valence-electron chi connectivity index (χ2n) is 9.84. The van der Waals surface area contributed by atoms with Gasteiger partial charge in [-0.2, -0.15) is 13.3 Å². The lowest BCUT2D eigenvalue weighted by Crippen LogP contribution is -2.28. The summed E-state index contributed by atoms with van der Waals surface area (Å²) in [6.45, 7) is 10.2. The van der Waals surface area contributed by atoms with Crippen LogP contribution in [0.4, 0.5) is 13.6 Å².